The zero-order chi connectivity index (χ0) is 12.8. The highest BCUT2D eigenvalue weighted by atomic mass is 32.2. The van der Waals surface area contributed by atoms with Crippen LogP contribution in [0, 0.1) is 0 Å². The van der Waals surface area contributed by atoms with E-state index in [1.165, 1.54) is 0 Å². The number of amides is 1. The Hall–Kier alpha value is -1.37. The minimum Gasteiger partial charge on any atom is -0.360 e. The Labute approximate surface area is 105 Å². The summed E-state index contributed by atoms with van der Waals surface area (Å²) >= 11 is 0. The van der Waals surface area contributed by atoms with Gasteiger partial charge >= 0.3 is 0 Å². The summed E-state index contributed by atoms with van der Waals surface area (Å²) in [5.41, 5.74) is 0.237. The third-order valence-electron chi connectivity index (χ3n) is 3.31. The van der Waals surface area contributed by atoms with Crippen LogP contribution in [0.3, 0.4) is 0 Å². The van der Waals surface area contributed by atoms with Gasteiger partial charge in [-0.15, -0.1) is 0 Å². The Morgan fingerprint density at radius 2 is 2.17 bits per heavy atom. The quantitative estimate of drug-likeness (QED) is 0.862. The number of hydrogen-bond donors (Lipinski definition) is 1. The van der Waals surface area contributed by atoms with Crippen molar-refractivity contribution in [1.29, 1.82) is 0 Å². The van der Waals surface area contributed by atoms with Gasteiger partial charge in [-0.2, -0.15) is 0 Å². The molecule has 3 rings (SSSR count). The topological polar surface area (TPSA) is 89.3 Å². The molecule has 18 heavy (non-hydrogen) atoms. The number of rotatable bonds is 3. The molecule has 0 aromatic carbocycles. The van der Waals surface area contributed by atoms with Gasteiger partial charge in [0.15, 0.2) is 15.5 Å². The van der Waals surface area contributed by atoms with Crippen LogP contribution >= 0.6 is 0 Å². The van der Waals surface area contributed by atoms with Gasteiger partial charge in [0.05, 0.1) is 11.5 Å². The van der Waals surface area contributed by atoms with Crippen molar-refractivity contribution in [3.05, 3.63) is 17.5 Å². The number of nitrogens with one attached hydrogen (secondary N) is 1. The summed E-state index contributed by atoms with van der Waals surface area (Å²) in [6.45, 7) is 0. The zero-order valence-corrected chi connectivity index (χ0v) is 10.6. The molecule has 1 aromatic heterocycles. The van der Waals surface area contributed by atoms with Crippen LogP contribution in [-0.4, -0.2) is 37.0 Å². The number of carbonyl (C=O) groups excluding carboxylic acids is 1. The molecule has 1 aliphatic carbocycles. The number of carbonyl (C=O) groups is 1. The highest BCUT2D eigenvalue weighted by Gasteiger charge is 2.31. The summed E-state index contributed by atoms with van der Waals surface area (Å²) in [4.78, 5) is 11.8. The lowest BCUT2D eigenvalue weighted by molar-refractivity contribution is 0.0932. The van der Waals surface area contributed by atoms with E-state index in [9.17, 15) is 13.2 Å². The van der Waals surface area contributed by atoms with E-state index in [1.807, 2.05) is 0 Å². The van der Waals surface area contributed by atoms with Gasteiger partial charge in [-0.3, -0.25) is 4.79 Å². The Morgan fingerprint density at radius 3 is 2.78 bits per heavy atom. The minimum absolute atomic E-state index is 0.0199. The summed E-state index contributed by atoms with van der Waals surface area (Å²) in [6.07, 6.45) is 2.63. The molecule has 98 valence electrons. The summed E-state index contributed by atoms with van der Waals surface area (Å²) < 4.78 is 27.6. The van der Waals surface area contributed by atoms with Gasteiger partial charge in [0.25, 0.3) is 5.91 Å². The lowest BCUT2D eigenvalue weighted by Crippen LogP contribution is -2.35. The van der Waals surface area contributed by atoms with E-state index in [0.29, 0.717) is 12.3 Å². The fraction of sp³-hybridized carbons (Fsp3) is 0.636. The first-order valence-electron chi connectivity index (χ1n) is 6.01. The maximum absolute atomic E-state index is 11.8. The number of nitrogens with zero attached hydrogens (tertiary/aromatic N) is 1. The highest BCUT2D eigenvalue weighted by molar-refractivity contribution is 7.91. The smallest absolute Gasteiger partial charge is 0.273 e. The fourth-order valence-electron chi connectivity index (χ4n) is 2.12. The maximum Gasteiger partial charge on any atom is 0.273 e. The molecule has 1 N–H and O–H groups in total. The molecule has 2 aliphatic rings. The number of hydrogen-bond acceptors (Lipinski definition) is 5. The van der Waals surface area contributed by atoms with E-state index in [-0.39, 0.29) is 29.1 Å². The molecule has 0 unspecified atom stereocenters. The summed E-state index contributed by atoms with van der Waals surface area (Å²) in [6, 6.07) is 1.35. The van der Waals surface area contributed by atoms with Crippen molar-refractivity contribution < 1.29 is 17.7 Å². The molecule has 2 heterocycles. The van der Waals surface area contributed by atoms with Crippen molar-refractivity contribution in [2.24, 2.45) is 0 Å². The van der Waals surface area contributed by atoms with Gasteiger partial charge < -0.3 is 9.84 Å². The van der Waals surface area contributed by atoms with Crippen LogP contribution in [-0.2, 0) is 9.84 Å². The Morgan fingerprint density at radius 1 is 1.39 bits per heavy atom. The first kappa shape index (κ1) is 11.7. The minimum atomic E-state index is -2.98. The molecule has 1 aromatic rings. The van der Waals surface area contributed by atoms with Crippen LogP contribution < -0.4 is 5.32 Å². The van der Waals surface area contributed by atoms with Crippen LogP contribution in [0.2, 0.25) is 0 Å². The average molecular weight is 270 g/mol. The van der Waals surface area contributed by atoms with E-state index in [4.69, 9.17) is 4.52 Å². The van der Waals surface area contributed by atoms with E-state index < -0.39 is 9.84 Å². The summed E-state index contributed by atoms with van der Waals surface area (Å²) in [5, 5.41) is 6.40. The predicted molar refractivity (Wildman–Crippen MR) is 63.0 cm³/mol. The average Bonchev–Trinajstić information content (AvgIpc) is 2.93. The molecule has 1 amide bonds. The van der Waals surface area contributed by atoms with Crippen LogP contribution in [0.25, 0.3) is 0 Å². The molecule has 0 radical (unpaired) electrons. The predicted octanol–water partition coefficient (Wildman–Crippen LogP) is 0.469. The molecule has 1 aliphatic heterocycles. The van der Waals surface area contributed by atoms with Crippen molar-refractivity contribution in [3.8, 4) is 0 Å². The van der Waals surface area contributed by atoms with E-state index in [1.54, 1.807) is 6.07 Å². The molecule has 0 bridgehead atoms. The Bertz CT molecular complexity index is 574. The molecule has 1 saturated carbocycles. The SMILES string of the molecule is O=C(N[C@@H]1CCS(=O)(=O)C1)c1cc(C2CC2)on1. The van der Waals surface area contributed by atoms with Gasteiger partial charge in [0.1, 0.15) is 5.76 Å². The van der Waals surface area contributed by atoms with Gasteiger partial charge in [0.2, 0.25) is 0 Å². The maximum atomic E-state index is 11.8. The van der Waals surface area contributed by atoms with Gasteiger partial charge in [-0.25, -0.2) is 8.42 Å². The monoisotopic (exact) mass is 270 g/mol. The Kier molecular flexibility index (Phi) is 2.65. The lowest BCUT2D eigenvalue weighted by Gasteiger charge is -2.08. The number of sulfone groups is 1. The molecular weight excluding hydrogens is 256 g/mol. The molecule has 2 fully saturated rings. The highest BCUT2D eigenvalue weighted by Crippen LogP contribution is 2.40. The third-order valence-corrected chi connectivity index (χ3v) is 5.08. The first-order valence-corrected chi connectivity index (χ1v) is 7.83. The van der Waals surface area contributed by atoms with Gasteiger partial charge in [-0.1, -0.05) is 5.16 Å². The molecule has 6 nitrogen and oxygen atoms in total. The third kappa shape index (κ3) is 2.40. The Balaban J connectivity index is 1.63. The fourth-order valence-corrected chi connectivity index (χ4v) is 3.80. The van der Waals surface area contributed by atoms with Crippen LogP contribution in [0.15, 0.2) is 10.6 Å². The van der Waals surface area contributed by atoms with Crippen molar-refractivity contribution >= 4 is 15.7 Å². The lowest BCUT2D eigenvalue weighted by atomic mass is 10.2. The largest absolute Gasteiger partial charge is 0.360 e. The molecule has 1 atom stereocenters. The van der Waals surface area contributed by atoms with Crippen LogP contribution in [0.1, 0.15) is 41.4 Å². The van der Waals surface area contributed by atoms with Crippen LogP contribution in [0.5, 0.6) is 0 Å². The van der Waals surface area contributed by atoms with E-state index >= 15 is 0 Å². The number of aromatic nitrogens is 1. The summed E-state index contributed by atoms with van der Waals surface area (Å²) in [5.74, 6) is 0.966. The zero-order valence-electron chi connectivity index (χ0n) is 9.76. The molecule has 0 spiro atoms. The van der Waals surface area contributed by atoms with Crippen molar-refractivity contribution in [1.82, 2.24) is 10.5 Å². The molecule has 1 saturated heterocycles. The second kappa shape index (κ2) is 4.08. The first-order chi connectivity index (χ1) is 8.53. The van der Waals surface area contributed by atoms with Crippen molar-refractivity contribution in [2.45, 2.75) is 31.2 Å². The van der Waals surface area contributed by atoms with Crippen LogP contribution in [0.4, 0.5) is 0 Å². The molecular formula is C11H14N2O4S. The normalized spacial score (nSPS) is 26.1. The van der Waals surface area contributed by atoms with Crippen molar-refractivity contribution in [3.63, 3.8) is 0 Å². The standard InChI is InChI=1S/C11H14N2O4S/c14-11(12-8-3-4-18(15,16)6-8)9-5-10(17-13-9)7-1-2-7/h5,7-8H,1-4,6H2,(H,12,14)/t8-/m1/s1. The second-order valence-electron chi connectivity index (χ2n) is 4.96. The van der Waals surface area contributed by atoms with Crippen molar-refractivity contribution in [2.75, 3.05) is 11.5 Å². The van der Waals surface area contributed by atoms with Gasteiger partial charge in [0, 0.05) is 18.0 Å². The second-order valence-corrected chi connectivity index (χ2v) is 7.19. The summed E-state index contributed by atoms with van der Waals surface area (Å²) in [7, 11) is -2.98. The van der Waals surface area contributed by atoms with E-state index in [2.05, 4.69) is 10.5 Å². The van der Waals surface area contributed by atoms with Gasteiger partial charge in [-0.05, 0) is 19.3 Å². The van der Waals surface area contributed by atoms with E-state index in [0.717, 1.165) is 18.6 Å². The molecule has 7 heteroatoms.